The quantitative estimate of drug-likeness (QED) is 0.443. The smallest absolute Gasteiger partial charge is 0.255 e. The van der Waals surface area contributed by atoms with Gasteiger partial charge in [0.15, 0.2) is 0 Å². The minimum atomic E-state index is -0.525. The number of benzene rings is 2. The van der Waals surface area contributed by atoms with E-state index in [0.717, 1.165) is 37.4 Å². The first-order valence-corrected chi connectivity index (χ1v) is 12.9. The van der Waals surface area contributed by atoms with E-state index in [4.69, 9.17) is 27.9 Å². The summed E-state index contributed by atoms with van der Waals surface area (Å²) in [5.41, 5.74) is 5.59. The molecule has 188 valence electrons. The zero-order valence-corrected chi connectivity index (χ0v) is 22.0. The SMILES string of the molecule is Cc1c(C(=O)Cl)cc(-c2cc(Cl)ccc2C(=O)N2Cc3ccccc3C[C@H]2CN2CCOCC2)n1C. The van der Waals surface area contributed by atoms with Crippen LogP contribution in [0.4, 0.5) is 0 Å². The van der Waals surface area contributed by atoms with E-state index in [9.17, 15) is 9.59 Å². The third-order valence-corrected chi connectivity index (χ3v) is 7.86. The molecule has 3 aromatic rings. The molecular weight excluding hydrogens is 497 g/mol. The first-order chi connectivity index (χ1) is 17.3. The van der Waals surface area contributed by atoms with Crippen LogP contribution in [0.2, 0.25) is 5.02 Å². The highest BCUT2D eigenvalue weighted by molar-refractivity contribution is 6.68. The van der Waals surface area contributed by atoms with Crippen LogP contribution in [0.5, 0.6) is 0 Å². The van der Waals surface area contributed by atoms with E-state index in [1.54, 1.807) is 24.3 Å². The van der Waals surface area contributed by atoms with Crippen molar-refractivity contribution in [3.63, 3.8) is 0 Å². The minimum absolute atomic E-state index is 0.0316. The highest BCUT2D eigenvalue weighted by Gasteiger charge is 2.33. The van der Waals surface area contributed by atoms with Crippen LogP contribution in [0.25, 0.3) is 11.3 Å². The maximum Gasteiger partial charge on any atom is 0.255 e. The highest BCUT2D eigenvalue weighted by Crippen LogP contribution is 2.33. The van der Waals surface area contributed by atoms with Gasteiger partial charge in [0.2, 0.25) is 0 Å². The number of carbonyl (C=O) groups excluding carboxylic acids is 2. The van der Waals surface area contributed by atoms with Crippen molar-refractivity contribution in [2.24, 2.45) is 7.05 Å². The highest BCUT2D eigenvalue weighted by atomic mass is 35.5. The predicted molar refractivity (Wildman–Crippen MR) is 142 cm³/mol. The zero-order chi connectivity index (χ0) is 25.4. The number of ether oxygens (including phenoxy) is 1. The molecule has 2 aliphatic rings. The Bertz CT molecular complexity index is 1310. The van der Waals surface area contributed by atoms with Gasteiger partial charge in [0, 0.05) is 66.8 Å². The fourth-order valence-electron chi connectivity index (χ4n) is 5.30. The van der Waals surface area contributed by atoms with Gasteiger partial charge in [-0.05, 0) is 60.3 Å². The lowest BCUT2D eigenvalue weighted by Crippen LogP contribution is -2.52. The first-order valence-electron chi connectivity index (χ1n) is 12.2. The van der Waals surface area contributed by atoms with Crippen LogP contribution >= 0.6 is 23.2 Å². The Kier molecular flexibility index (Phi) is 7.22. The van der Waals surface area contributed by atoms with Crippen LogP contribution in [0, 0.1) is 6.92 Å². The van der Waals surface area contributed by atoms with Crippen molar-refractivity contribution in [3.05, 3.63) is 81.5 Å². The fourth-order valence-corrected chi connectivity index (χ4v) is 5.66. The molecule has 2 aliphatic heterocycles. The number of fused-ring (bicyclic) bond motifs is 1. The van der Waals surface area contributed by atoms with E-state index < -0.39 is 5.24 Å². The number of morpholine rings is 1. The van der Waals surface area contributed by atoms with Gasteiger partial charge in [-0.3, -0.25) is 14.5 Å². The number of hydrogen-bond donors (Lipinski definition) is 0. The molecule has 6 nitrogen and oxygen atoms in total. The van der Waals surface area contributed by atoms with Gasteiger partial charge in [-0.1, -0.05) is 35.9 Å². The second-order valence-corrected chi connectivity index (χ2v) is 10.3. The van der Waals surface area contributed by atoms with E-state index in [1.165, 1.54) is 11.1 Å². The number of aromatic nitrogens is 1. The molecule has 0 unspecified atom stereocenters. The molecule has 1 amide bonds. The Balaban J connectivity index is 1.55. The van der Waals surface area contributed by atoms with E-state index in [-0.39, 0.29) is 11.9 Å². The summed E-state index contributed by atoms with van der Waals surface area (Å²) in [7, 11) is 1.86. The Morgan fingerprint density at radius 2 is 1.75 bits per heavy atom. The molecule has 0 aliphatic carbocycles. The molecule has 3 heterocycles. The number of hydrogen-bond acceptors (Lipinski definition) is 4. The molecule has 0 saturated carbocycles. The fraction of sp³-hybridized carbons (Fsp3) is 0.357. The summed E-state index contributed by atoms with van der Waals surface area (Å²) < 4.78 is 7.42. The largest absolute Gasteiger partial charge is 0.379 e. The Morgan fingerprint density at radius 3 is 2.44 bits per heavy atom. The van der Waals surface area contributed by atoms with Crippen LogP contribution in [-0.2, 0) is 24.8 Å². The van der Waals surface area contributed by atoms with Gasteiger partial charge in [-0.2, -0.15) is 0 Å². The van der Waals surface area contributed by atoms with Gasteiger partial charge < -0.3 is 14.2 Å². The van der Waals surface area contributed by atoms with Gasteiger partial charge in [0.1, 0.15) is 0 Å². The van der Waals surface area contributed by atoms with Gasteiger partial charge in [-0.25, -0.2) is 0 Å². The van der Waals surface area contributed by atoms with Crippen LogP contribution < -0.4 is 0 Å². The average Bonchev–Trinajstić information content (AvgIpc) is 3.18. The van der Waals surface area contributed by atoms with Gasteiger partial charge in [0.25, 0.3) is 11.1 Å². The molecule has 0 N–H and O–H groups in total. The van der Waals surface area contributed by atoms with Crippen molar-refractivity contribution in [1.82, 2.24) is 14.4 Å². The Hall–Kier alpha value is -2.64. The number of nitrogens with zero attached hydrogens (tertiary/aromatic N) is 3. The van der Waals surface area contributed by atoms with Crippen LogP contribution in [0.15, 0.2) is 48.5 Å². The topological polar surface area (TPSA) is 54.8 Å². The first kappa shape index (κ1) is 25.0. The number of halogens is 2. The van der Waals surface area contributed by atoms with Crippen molar-refractivity contribution in [3.8, 4) is 11.3 Å². The lowest BCUT2D eigenvalue weighted by molar-refractivity contribution is 0.0193. The second kappa shape index (κ2) is 10.4. The van der Waals surface area contributed by atoms with Crippen LogP contribution in [0.3, 0.4) is 0 Å². The molecule has 36 heavy (non-hydrogen) atoms. The summed E-state index contributed by atoms with van der Waals surface area (Å²) >= 11 is 12.2. The molecule has 0 radical (unpaired) electrons. The van der Waals surface area contributed by atoms with E-state index >= 15 is 0 Å². The lowest BCUT2D eigenvalue weighted by atomic mass is 9.92. The monoisotopic (exact) mass is 525 g/mol. The molecule has 1 fully saturated rings. The summed E-state index contributed by atoms with van der Waals surface area (Å²) in [5.74, 6) is -0.0490. The Labute approximate surface area is 221 Å². The summed E-state index contributed by atoms with van der Waals surface area (Å²) in [4.78, 5) is 30.6. The third kappa shape index (κ3) is 4.83. The molecule has 1 saturated heterocycles. The molecule has 8 heteroatoms. The second-order valence-electron chi connectivity index (χ2n) is 9.52. The third-order valence-electron chi connectivity index (χ3n) is 7.42. The van der Waals surface area contributed by atoms with E-state index in [1.807, 2.05) is 29.5 Å². The van der Waals surface area contributed by atoms with E-state index in [2.05, 4.69) is 23.1 Å². The van der Waals surface area contributed by atoms with E-state index in [0.29, 0.717) is 41.5 Å². The molecule has 0 bridgehead atoms. The van der Waals surface area contributed by atoms with Gasteiger partial charge >= 0.3 is 0 Å². The summed E-state index contributed by atoms with van der Waals surface area (Å²) in [6.07, 6.45) is 0.802. The standard InChI is InChI=1S/C28H29Cl2N3O3/c1-18-24(27(30)34)15-26(31(18)2)25-14-21(29)7-8-23(25)28(35)33-16-20-6-4-3-5-19(20)13-22(33)17-32-9-11-36-12-10-32/h3-8,14-15,22H,9-13,16-17H2,1-2H3/t22-/m0/s1. The van der Waals surface area contributed by atoms with Crippen molar-refractivity contribution < 1.29 is 14.3 Å². The molecule has 1 atom stereocenters. The summed E-state index contributed by atoms with van der Waals surface area (Å²) in [6.45, 7) is 6.34. The number of rotatable bonds is 5. The maximum absolute atomic E-state index is 14.2. The predicted octanol–water partition coefficient (Wildman–Crippen LogP) is 4.93. The van der Waals surface area contributed by atoms with Crippen LogP contribution in [0.1, 0.15) is 37.5 Å². The molecular formula is C28H29Cl2N3O3. The average molecular weight is 526 g/mol. The lowest BCUT2D eigenvalue weighted by Gasteiger charge is -2.40. The molecule has 5 rings (SSSR count). The summed E-state index contributed by atoms with van der Waals surface area (Å²) in [5, 5.41) is -0.00419. The zero-order valence-electron chi connectivity index (χ0n) is 20.5. The van der Waals surface area contributed by atoms with Crippen molar-refractivity contribution in [1.29, 1.82) is 0 Å². The van der Waals surface area contributed by atoms with Crippen molar-refractivity contribution >= 4 is 34.4 Å². The normalized spacial score (nSPS) is 18.2. The maximum atomic E-state index is 14.2. The van der Waals surface area contributed by atoms with Crippen molar-refractivity contribution in [2.75, 3.05) is 32.8 Å². The minimum Gasteiger partial charge on any atom is -0.379 e. The molecule has 2 aromatic carbocycles. The molecule has 0 spiro atoms. The van der Waals surface area contributed by atoms with Crippen LogP contribution in [-0.4, -0.2) is 64.4 Å². The van der Waals surface area contributed by atoms with Gasteiger partial charge in [-0.15, -0.1) is 0 Å². The Morgan fingerprint density at radius 1 is 1.03 bits per heavy atom. The molecule has 1 aromatic heterocycles. The number of carbonyl (C=O) groups is 2. The number of amides is 1. The summed E-state index contributed by atoms with van der Waals surface area (Å²) in [6, 6.07) is 15.4. The van der Waals surface area contributed by atoms with Gasteiger partial charge in [0.05, 0.1) is 18.8 Å². The van der Waals surface area contributed by atoms with Crippen molar-refractivity contribution in [2.45, 2.75) is 25.9 Å².